The first-order valence-electron chi connectivity index (χ1n) is 5.56. The van der Waals surface area contributed by atoms with Crippen molar-refractivity contribution in [3.63, 3.8) is 0 Å². The molecule has 0 radical (unpaired) electrons. The molecule has 0 spiro atoms. The third kappa shape index (κ3) is 4.79. The number of hydrogen-bond acceptors (Lipinski definition) is 6. The smallest absolute Gasteiger partial charge is 0.191 e. The number of methoxy groups -OCH3 is 1. The second-order valence-corrected chi connectivity index (χ2v) is 4.48. The summed E-state index contributed by atoms with van der Waals surface area (Å²) in [6.45, 7) is 2.85. The average Bonchev–Trinajstić information content (AvgIpc) is 2.35. The van der Waals surface area contributed by atoms with Crippen LogP contribution in [0.5, 0.6) is 0 Å². The highest BCUT2D eigenvalue weighted by Crippen LogP contribution is 2.17. The minimum absolute atomic E-state index is 0.323. The van der Waals surface area contributed by atoms with Gasteiger partial charge in [0.25, 0.3) is 0 Å². The van der Waals surface area contributed by atoms with Crippen LogP contribution in [0.25, 0.3) is 0 Å². The standard InChI is InChI=1S/C11H20N4OS/c1-8(5-6-16-3)13-10-7-9(12-2)14-11(15-10)17-4/h7-8H,5-6H2,1-4H3,(H2,12,13,14,15). The number of ether oxygens (including phenoxy) is 1. The molecule has 0 aromatic carbocycles. The van der Waals surface area contributed by atoms with Crippen LogP contribution < -0.4 is 10.6 Å². The zero-order valence-corrected chi connectivity index (χ0v) is 11.6. The lowest BCUT2D eigenvalue weighted by atomic mass is 10.2. The number of rotatable bonds is 7. The lowest BCUT2D eigenvalue weighted by molar-refractivity contribution is 0.191. The molecular formula is C11H20N4OS. The maximum absolute atomic E-state index is 5.05. The van der Waals surface area contributed by atoms with E-state index >= 15 is 0 Å². The maximum atomic E-state index is 5.05. The second kappa shape index (κ2) is 7.34. The summed E-state index contributed by atoms with van der Waals surface area (Å²) < 4.78 is 5.05. The molecular weight excluding hydrogens is 236 g/mol. The van der Waals surface area contributed by atoms with E-state index in [0.29, 0.717) is 6.04 Å². The molecule has 1 heterocycles. The molecule has 0 fully saturated rings. The molecule has 0 saturated carbocycles. The van der Waals surface area contributed by atoms with Gasteiger partial charge in [-0.1, -0.05) is 11.8 Å². The van der Waals surface area contributed by atoms with E-state index in [1.54, 1.807) is 7.11 Å². The Morgan fingerprint density at radius 1 is 1.41 bits per heavy atom. The van der Waals surface area contributed by atoms with Crippen LogP contribution in [-0.2, 0) is 4.74 Å². The molecule has 1 rings (SSSR count). The van der Waals surface area contributed by atoms with Crippen LogP contribution in [0.2, 0.25) is 0 Å². The van der Waals surface area contributed by atoms with Gasteiger partial charge in [0.1, 0.15) is 11.6 Å². The van der Waals surface area contributed by atoms with Crippen LogP contribution in [0.3, 0.4) is 0 Å². The predicted octanol–water partition coefficient (Wildman–Crippen LogP) is 2.08. The molecule has 5 nitrogen and oxygen atoms in total. The van der Waals surface area contributed by atoms with Crippen molar-refractivity contribution in [1.82, 2.24) is 9.97 Å². The Balaban J connectivity index is 2.68. The Morgan fingerprint density at radius 3 is 2.71 bits per heavy atom. The Labute approximate surface area is 107 Å². The Morgan fingerprint density at radius 2 is 2.12 bits per heavy atom. The second-order valence-electron chi connectivity index (χ2n) is 3.70. The maximum Gasteiger partial charge on any atom is 0.191 e. The van der Waals surface area contributed by atoms with Gasteiger partial charge < -0.3 is 15.4 Å². The highest BCUT2D eigenvalue weighted by molar-refractivity contribution is 7.98. The minimum atomic E-state index is 0.323. The molecule has 96 valence electrons. The van der Waals surface area contributed by atoms with Gasteiger partial charge in [-0.2, -0.15) is 0 Å². The Hall–Kier alpha value is -1.01. The molecule has 1 unspecified atom stereocenters. The highest BCUT2D eigenvalue weighted by atomic mass is 32.2. The number of hydrogen-bond donors (Lipinski definition) is 2. The fourth-order valence-corrected chi connectivity index (χ4v) is 1.72. The SMILES string of the molecule is CNc1cc(NC(C)CCOC)nc(SC)n1. The molecule has 0 aliphatic heterocycles. The summed E-state index contributed by atoms with van der Waals surface area (Å²) in [7, 11) is 3.56. The molecule has 1 aromatic rings. The summed E-state index contributed by atoms with van der Waals surface area (Å²) in [5.41, 5.74) is 0. The zero-order valence-electron chi connectivity index (χ0n) is 10.8. The van der Waals surface area contributed by atoms with Crippen molar-refractivity contribution >= 4 is 23.4 Å². The summed E-state index contributed by atoms with van der Waals surface area (Å²) in [5, 5.41) is 7.13. The van der Waals surface area contributed by atoms with E-state index in [1.807, 2.05) is 19.4 Å². The summed E-state index contributed by atoms with van der Waals surface area (Å²) in [6.07, 6.45) is 2.91. The van der Waals surface area contributed by atoms with Crippen LogP contribution in [0, 0.1) is 0 Å². The lowest BCUT2D eigenvalue weighted by Gasteiger charge is -2.15. The summed E-state index contributed by atoms with van der Waals surface area (Å²) in [6, 6.07) is 2.23. The van der Waals surface area contributed by atoms with Crippen LogP contribution in [-0.4, -0.2) is 43.0 Å². The number of nitrogens with zero attached hydrogens (tertiary/aromatic N) is 2. The molecule has 2 N–H and O–H groups in total. The van der Waals surface area contributed by atoms with Gasteiger partial charge in [0.05, 0.1) is 0 Å². The quantitative estimate of drug-likeness (QED) is 0.575. The third-order valence-electron chi connectivity index (χ3n) is 2.29. The van der Waals surface area contributed by atoms with Gasteiger partial charge in [-0.05, 0) is 19.6 Å². The van der Waals surface area contributed by atoms with E-state index in [0.717, 1.165) is 29.8 Å². The van der Waals surface area contributed by atoms with Gasteiger partial charge in [0.15, 0.2) is 5.16 Å². The van der Waals surface area contributed by atoms with Gasteiger partial charge in [-0.25, -0.2) is 9.97 Å². The monoisotopic (exact) mass is 256 g/mol. The van der Waals surface area contributed by atoms with E-state index < -0.39 is 0 Å². The van der Waals surface area contributed by atoms with Crippen LogP contribution in [0.1, 0.15) is 13.3 Å². The van der Waals surface area contributed by atoms with Crippen molar-refractivity contribution in [1.29, 1.82) is 0 Å². The molecule has 0 saturated heterocycles. The van der Waals surface area contributed by atoms with Crippen LogP contribution in [0.4, 0.5) is 11.6 Å². The zero-order chi connectivity index (χ0) is 12.7. The summed E-state index contributed by atoms with van der Waals surface area (Å²) in [4.78, 5) is 8.72. The third-order valence-corrected chi connectivity index (χ3v) is 2.84. The molecule has 0 bridgehead atoms. The van der Waals surface area contributed by atoms with Crippen LogP contribution in [0.15, 0.2) is 11.2 Å². The fourth-order valence-electron chi connectivity index (χ4n) is 1.34. The topological polar surface area (TPSA) is 59.1 Å². The first-order chi connectivity index (χ1) is 8.19. The van der Waals surface area contributed by atoms with Crippen molar-refractivity contribution in [3.05, 3.63) is 6.07 Å². The number of anilines is 2. The number of thioether (sulfide) groups is 1. The molecule has 17 heavy (non-hydrogen) atoms. The predicted molar refractivity (Wildman–Crippen MR) is 72.9 cm³/mol. The van der Waals surface area contributed by atoms with E-state index in [9.17, 15) is 0 Å². The largest absolute Gasteiger partial charge is 0.385 e. The molecule has 0 aliphatic rings. The molecule has 1 atom stereocenters. The van der Waals surface area contributed by atoms with E-state index in [2.05, 4.69) is 27.5 Å². The number of aromatic nitrogens is 2. The van der Waals surface area contributed by atoms with E-state index in [-0.39, 0.29) is 0 Å². The van der Waals surface area contributed by atoms with Crippen molar-refractivity contribution in [2.75, 3.05) is 37.7 Å². The van der Waals surface area contributed by atoms with Crippen LogP contribution >= 0.6 is 11.8 Å². The molecule has 1 aromatic heterocycles. The number of nitrogens with one attached hydrogen (secondary N) is 2. The Bertz CT molecular complexity index is 326. The van der Waals surface area contributed by atoms with Gasteiger partial charge in [0.2, 0.25) is 0 Å². The Kier molecular flexibility index (Phi) is 6.07. The van der Waals surface area contributed by atoms with Crippen molar-refractivity contribution in [2.45, 2.75) is 24.5 Å². The normalized spacial score (nSPS) is 12.2. The first kappa shape index (κ1) is 14.1. The van der Waals surface area contributed by atoms with Gasteiger partial charge in [-0.3, -0.25) is 0 Å². The van der Waals surface area contributed by atoms with Gasteiger partial charge in [-0.15, -0.1) is 0 Å². The molecule has 0 aliphatic carbocycles. The average molecular weight is 256 g/mol. The van der Waals surface area contributed by atoms with Crippen molar-refractivity contribution in [3.8, 4) is 0 Å². The van der Waals surface area contributed by atoms with Gasteiger partial charge >= 0.3 is 0 Å². The minimum Gasteiger partial charge on any atom is -0.385 e. The van der Waals surface area contributed by atoms with Gasteiger partial charge in [0, 0.05) is 32.9 Å². The first-order valence-corrected chi connectivity index (χ1v) is 6.78. The van der Waals surface area contributed by atoms with Crippen molar-refractivity contribution < 1.29 is 4.74 Å². The molecule has 0 amide bonds. The highest BCUT2D eigenvalue weighted by Gasteiger charge is 2.06. The molecule has 6 heteroatoms. The lowest BCUT2D eigenvalue weighted by Crippen LogP contribution is -2.18. The van der Waals surface area contributed by atoms with E-state index in [4.69, 9.17) is 4.74 Å². The summed E-state index contributed by atoms with van der Waals surface area (Å²) in [5.74, 6) is 1.67. The van der Waals surface area contributed by atoms with Crippen molar-refractivity contribution in [2.24, 2.45) is 0 Å². The van der Waals surface area contributed by atoms with E-state index in [1.165, 1.54) is 11.8 Å². The fraction of sp³-hybridized carbons (Fsp3) is 0.636. The summed E-state index contributed by atoms with van der Waals surface area (Å²) >= 11 is 1.53.